The second kappa shape index (κ2) is 62.4. The number of primary amides is 1. The van der Waals surface area contributed by atoms with Gasteiger partial charge in [0.2, 0.25) is 82.7 Å². The summed E-state index contributed by atoms with van der Waals surface area (Å²) in [6.45, 7) is 11.9. The molecule has 0 saturated carbocycles. The molecule has 30 atom stereocenters. The summed E-state index contributed by atoms with van der Waals surface area (Å²) in [5.74, 6) is -14.9. The standard InChI is InChI=1S/C102H166N18O29/c1-9-55(3)48-57(5)24-19-15-11-13-17-21-27-76(132)108-67(92(139)110-78(59(7)121)99(146)119-53-65(125)50-69(119)94(141)114-82(88(136)86(134)61-29-33-63(123)34-30-61)96(143)112-80(71(127)37-41-103)101(148)117-46-39-73(129)84(117)90(105)138)26-23-43-106-44-45-107-91-75(131)52-68(109-77(133)28-22-18-14-12-16-20-25-58(6)49-56(4)10-2)93(140)111-79(60(8)122)100(147)120-54-66(126)51-70(120)95(142)115-83(89(137)87(135)62-31-35-64(124)36-32-62)97(144)113-81(72(128)38-42-104)102(149)118-47-40-74(130)85(118)98(145)116-91/h23,26,29-36,43,55-60,65-75,78-89,91,107,121-131,134-137H,9-22,24-25,27-28,37-42,44-54,103-104H2,1-8H3,(H2,105,138)(H,108,132)(H,109,133)(H,110,139)(H,111,140)(H,112,143)(H,113,144)(H,114,141)(H,115,142)(H,116,145)/b26-23-,106-43?/t55?,56?,57?,58?,59-,60-,65-,66-,67-,68+,69?,70+,71-,72-,73+,74+,75-,78+,79+,80+,81+,82+,83+,84+,85+,86+,87+,88?,89+,91+/m1/s1. The van der Waals surface area contributed by atoms with Gasteiger partial charge in [0.05, 0.1) is 61.5 Å². The Kier molecular flexibility index (Phi) is 52.5. The molecule has 0 aromatic heterocycles. The van der Waals surface area contributed by atoms with Crippen LogP contribution in [0.2, 0.25) is 0 Å². The Morgan fingerprint density at radius 3 is 1.60 bits per heavy atom. The highest BCUT2D eigenvalue weighted by molar-refractivity contribution is 6.01. The van der Waals surface area contributed by atoms with E-state index in [1.54, 1.807) is 0 Å². The lowest BCUT2D eigenvalue weighted by Gasteiger charge is -2.35. The molecular weight excluding hydrogens is 1940 g/mol. The zero-order valence-electron chi connectivity index (χ0n) is 86.8. The first-order chi connectivity index (χ1) is 70.7. The first-order valence-corrected chi connectivity index (χ1v) is 52.6. The summed E-state index contributed by atoms with van der Waals surface area (Å²) in [6, 6.07) is -14.8. The van der Waals surface area contributed by atoms with Crippen LogP contribution in [0.5, 0.6) is 11.5 Å². The van der Waals surface area contributed by atoms with Crippen LogP contribution >= 0.6 is 0 Å². The molecule has 149 heavy (non-hydrogen) atoms. The number of likely N-dealkylation sites (tertiary alicyclic amines) is 2. The normalized spacial score (nSPS) is 25.7. The van der Waals surface area contributed by atoms with E-state index in [1.807, 2.05) is 0 Å². The molecule has 5 fully saturated rings. The molecule has 47 heteroatoms. The zero-order chi connectivity index (χ0) is 110. The number of aliphatic imine (C=N–C) groups is 1. The number of phenols is 2. The van der Waals surface area contributed by atoms with Gasteiger partial charge >= 0.3 is 0 Å². The largest absolute Gasteiger partial charge is 0.508 e. The van der Waals surface area contributed by atoms with Crippen molar-refractivity contribution in [3.05, 3.63) is 71.8 Å². The van der Waals surface area contributed by atoms with Gasteiger partial charge in [-0.05, 0) is 143 Å². The van der Waals surface area contributed by atoms with E-state index in [4.69, 9.17) is 17.2 Å². The van der Waals surface area contributed by atoms with E-state index in [0.717, 1.165) is 184 Å². The molecule has 14 amide bonds. The van der Waals surface area contributed by atoms with Crippen molar-refractivity contribution in [2.75, 3.05) is 52.4 Å². The summed E-state index contributed by atoms with van der Waals surface area (Å²) >= 11 is 0. The van der Waals surface area contributed by atoms with Crippen molar-refractivity contribution in [2.45, 2.75) is 387 Å². The maximum Gasteiger partial charge on any atom is 0.248 e. The van der Waals surface area contributed by atoms with Crippen LogP contribution in [-0.2, 0) is 67.1 Å². The van der Waals surface area contributed by atoms with Crippen molar-refractivity contribution < 1.29 is 144 Å². The number of β-amino-alcohol motifs (C(OH)–C–C–N with tert-alkyl or cyclic N) is 1. The predicted molar refractivity (Wildman–Crippen MR) is 543 cm³/mol. The summed E-state index contributed by atoms with van der Waals surface area (Å²) in [6.07, 6.45) is -11.3. The minimum atomic E-state index is -2.41. The van der Waals surface area contributed by atoms with Crippen LogP contribution in [-0.4, -0.2) is 383 Å². The molecule has 6 unspecified atom stereocenters. The Morgan fingerprint density at radius 2 is 1.03 bits per heavy atom. The third kappa shape index (κ3) is 38.0. The second-order valence-electron chi connectivity index (χ2n) is 41.0. The van der Waals surface area contributed by atoms with Crippen molar-refractivity contribution in [3.8, 4) is 11.5 Å². The van der Waals surface area contributed by atoms with Crippen molar-refractivity contribution >= 4 is 88.9 Å². The number of unbranched alkanes of at least 4 members (excludes halogenated alkanes) is 10. The van der Waals surface area contributed by atoms with Crippen LogP contribution in [0.25, 0.3) is 0 Å². The molecule has 31 N–H and O–H groups in total. The molecule has 0 spiro atoms. The number of aromatic hydroxyl groups is 2. The fraction of sp³-hybridized carbons (Fsp3) is 0.716. The molecule has 2 aromatic carbocycles. The number of hydrogen-bond donors (Lipinski definition) is 28. The molecule has 5 heterocycles. The molecule has 7 rings (SSSR count). The number of benzene rings is 2. The highest BCUT2D eigenvalue weighted by atomic mass is 16.3. The van der Waals surface area contributed by atoms with E-state index in [1.165, 1.54) is 6.08 Å². The number of aliphatic hydroxyl groups excluding tert-OH is 13. The lowest BCUT2D eigenvalue weighted by molar-refractivity contribution is -0.148. The van der Waals surface area contributed by atoms with E-state index in [0.29, 0.717) is 49.4 Å². The van der Waals surface area contributed by atoms with Crippen LogP contribution in [0.15, 0.2) is 65.7 Å². The smallest absolute Gasteiger partial charge is 0.248 e. The minimum Gasteiger partial charge on any atom is -0.508 e. The number of carbonyl (C=O) groups excluding carboxylic acids is 14. The molecule has 5 aliphatic heterocycles. The van der Waals surface area contributed by atoms with Crippen LogP contribution in [0, 0.1) is 23.7 Å². The number of hydrogen-bond acceptors (Lipinski definition) is 33. The Morgan fingerprint density at radius 1 is 0.510 bits per heavy atom. The lowest BCUT2D eigenvalue weighted by atomic mass is 9.91. The molecule has 838 valence electrons. The Balaban J connectivity index is 1.22. The van der Waals surface area contributed by atoms with Gasteiger partial charge in [0.15, 0.2) is 0 Å². The number of phenolic OH excluding ortho intramolecular Hbond substituents is 2. The summed E-state index contributed by atoms with van der Waals surface area (Å²) < 4.78 is 0. The van der Waals surface area contributed by atoms with Gasteiger partial charge in [-0.2, -0.15) is 0 Å². The number of fused-ring (bicyclic) bond motifs is 2. The summed E-state index contributed by atoms with van der Waals surface area (Å²) in [4.78, 5) is 213. The first kappa shape index (κ1) is 125. The average Bonchev–Trinajstić information content (AvgIpc) is 1.69. The van der Waals surface area contributed by atoms with Crippen LogP contribution in [0.1, 0.15) is 252 Å². The van der Waals surface area contributed by atoms with Crippen molar-refractivity contribution in [1.29, 1.82) is 0 Å². The van der Waals surface area contributed by atoms with E-state index in [9.17, 15) is 120 Å². The minimum absolute atomic E-state index is 0.115. The van der Waals surface area contributed by atoms with E-state index < -0.39 is 286 Å². The maximum atomic E-state index is 15.2. The van der Waals surface area contributed by atoms with Gasteiger partial charge in [-0.15, -0.1) is 0 Å². The first-order valence-electron chi connectivity index (χ1n) is 52.6. The quantitative estimate of drug-likeness (QED) is 0.0220. The highest BCUT2D eigenvalue weighted by Gasteiger charge is 2.53. The number of nitrogens with one attached hydrogen (secondary N) is 10. The number of nitrogens with zero attached hydrogens (tertiary/aromatic N) is 5. The lowest BCUT2D eigenvalue weighted by Crippen LogP contribution is -2.65. The Labute approximate surface area is 869 Å². The predicted octanol–water partition coefficient (Wildman–Crippen LogP) is -4.21. The van der Waals surface area contributed by atoms with Gasteiger partial charge in [0, 0.05) is 71.0 Å². The third-order valence-electron chi connectivity index (χ3n) is 28.7. The van der Waals surface area contributed by atoms with Crippen LogP contribution < -0.4 is 70.4 Å². The monoisotopic (exact) mass is 2110 g/mol. The van der Waals surface area contributed by atoms with Gasteiger partial charge in [-0.1, -0.05) is 162 Å². The third-order valence-corrected chi connectivity index (χ3v) is 28.7. The number of allylic oxidation sites excluding steroid dienone is 1. The topological polar surface area (TPSA) is 766 Å². The number of rotatable bonds is 55. The Bertz CT molecular complexity index is 4680. The summed E-state index contributed by atoms with van der Waals surface area (Å²) in [5, 5.41) is 196. The molecule has 5 aliphatic rings. The SMILES string of the molecule is CCC(C)CC(C)CCCCCCCCC(=O)N[C@H]1C[C@@H](O)[C@@H](NCCN=C/C=C\[C@@H](NC(=O)CCCCCCCCC(C)CC(C)CC)C(=O)N[C@H](C(=O)N2C[C@H](O)CC2C(=O)N[C@H](C(=O)N[C@H](C(=O)N2CC[C@H](O)[C@H]2C(N)=O)[C@H](O)CCN)C(O)[C@@H](O)c2ccc(O)cc2)[C@@H](C)O)NC(=O)[C@@H]2[C@@H](O)CCN2C(=O)[C@H]([C@H](O)CCN)NC(=O)[C@H]([C@H](O)[C@@H](O)c2ccc(O)cc2)NC(=O)[C@@H]2C[C@@H](O)CN2C(=O)[C@H]([C@@H](C)O)NC1=O. The van der Waals surface area contributed by atoms with E-state index in [2.05, 4.69) is 99.7 Å². The van der Waals surface area contributed by atoms with E-state index in [-0.39, 0.29) is 87.5 Å². The van der Waals surface area contributed by atoms with Crippen LogP contribution in [0.3, 0.4) is 0 Å². The van der Waals surface area contributed by atoms with Crippen molar-refractivity contribution in [2.24, 2.45) is 45.9 Å². The van der Waals surface area contributed by atoms with E-state index >= 15 is 24.0 Å². The summed E-state index contributed by atoms with van der Waals surface area (Å²) in [5.41, 5.74) is 16.9. The molecule has 2 aromatic rings. The molecule has 0 bridgehead atoms. The average molecular weight is 2110 g/mol. The molecule has 0 aliphatic carbocycles. The van der Waals surface area contributed by atoms with Gasteiger partial charge in [0.25, 0.3) is 0 Å². The second-order valence-corrected chi connectivity index (χ2v) is 41.0. The van der Waals surface area contributed by atoms with Gasteiger partial charge in [0.1, 0.15) is 115 Å². The van der Waals surface area contributed by atoms with Gasteiger partial charge < -0.3 is 161 Å². The highest BCUT2D eigenvalue weighted by Crippen LogP contribution is 2.32. The van der Waals surface area contributed by atoms with Crippen molar-refractivity contribution in [1.82, 2.24) is 72.8 Å². The molecule has 5 saturated heterocycles. The number of nitrogens with two attached hydrogens (primary N) is 3. The number of carbonyl (C=O) groups is 14. The number of amides is 14. The Hall–Kier alpha value is -10.6. The van der Waals surface area contributed by atoms with Crippen molar-refractivity contribution in [3.63, 3.8) is 0 Å². The van der Waals surface area contributed by atoms with Gasteiger partial charge in [-0.3, -0.25) is 77.4 Å². The van der Waals surface area contributed by atoms with Crippen LogP contribution in [0.4, 0.5) is 0 Å². The molecular formula is C102H166N18O29. The summed E-state index contributed by atoms with van der Waals surface area (Å²) in [7, 11) is 0. The zero-order valence-corrected chi connectivity index (χ0v) is 86.8. The number of aliphatic hydroxyl groups is 13. The molecule has 0 radical (unpaired) electrons. The van der Waals surface area contributed by atoms with Gasteiger partial charge in [-0.25, -0.2) is 0 Å². The molecule has 47 nitrogen and oxygen atoms in total. The maximum absolute atomic E-state index is 15.2. The fourth-order valence-corrected chi connectivity index (χ4v) is 19.7. The fourth-order valence-electron chi connectivity index (χ4n) is 19.7.